The Morgan fingerprint density at radius 1 is 1.19 bits per heavy atom. The molecule has 0 spiro atoms. The van der Waals surface area contributed by atoms with Crippen molar-refractivity contribution in [3.8, 4) is 0 Å². The van der Waals surface area contributed by atoms with Gasteiger partial charge in [0.15, 0.2) is 0 Å². The molecule has 10 heteroatoms. The quantitative estimate of drug-likeness (QED) is 0.486. The number of nitro groups is 2. The molecular weight excluding hydrogens is 284 g/mol. The summed E-state index contributed by atoms with van der Waals surface area (Å²) in [6.07, 6.45) is 0.136. The van der Waals surface area contributed by atoms with Crippen molar-refractivity contribution in [2.24, 2.45) is 11.5 Å². The van der Waals surface area contributed by atoms with Gasteiger partial charge in [0.05, 0.1) is 15.9 Å². The number of hydrogen-bond donors (Lipinski definition) is 3. The normalized spacial score (nSPS) is 13.4. The van der Waals surface area contributed by atoms with Crippen LogP contribution in [0.4, 0.5) is 11.4 Å². The van der Waals surface area contributed by atoms with Crippen LogP contribution in [0.1, 0.15) is 24.4 Å². The number of nitrogens with zero attached hydrogens (tertiary/aromatic N) is 2. The molecule has 1 aromatic carbocycles. The number of carboxylic acids is 1. The Morgan fingerprint density at radius 3 is 2.29 bits per heavy atom. The summed E-state index contributed by atoms with van der Waals surface area (Å²) in [5.41, 5.74) is 10.3. The van der Waals surface area contributed by atoms with E-state index in [1.807, 2.05) is 0 Å². The molecule has 21 heavy (non-hydrogen) atoms. The van der Waals surface area contributed by atoms with Crippen molar-refractivity contribution < 1.29 is 19.7 Å². The number of aliphatic carboxylic acids is 1. The second-order valence-electron chi connectivity index (χ2n) is 4.39. The molecule has 10 nitrogen and oxygen atoms in total. The Labute approximate surface area is 118 Å². The molecule has 1 rings (SSSR count). The highest BCUT2D eigenvalue weighted by molar-refractivity contribution is 5.72. The first-order valence-corrected chi connectivity index (χ1v) is 5.90. The predicted molar refractivity (Wildman–Crippen MR) is 71.5 cm³/mol. The molecule has 1 aromatic rings. The third-order valence-corrected chi connectivity index (χ3v) is 2.93. The Bertz CT molecular complexity index is 576. The number of carbonyl (C=O) groups is 1. The molecule has 0 heterocycles. The van der Waals surface area contributed by atoms with E-state index in [-0.39, 0.29) is 18.4 Å². The van der Waals surface area contributed by atoms with E-state index in [0.717, 1.165) is 12.1 Å². The van der Waals surface area contributed by atoms with Crippen molar-refractivity contribution in [2.75, 3.05) is 0 Å². The molecule has 0 amide bonds. The lowest BCUT2D eigenvalue weighted by Crippen LogP contribution is -2.31. The molecule has 0 aliphatic heterocycles. The Balaban J connectivity index is 2.98. The average molecular weight is 298 g/mol. The molecule has 0 fully saturated rings. The molecule has 0 aliphatic rings. The smallest absolute Gasteiger partial charge is 0.320 e. The van der Waals surface area contributed by atoms with Gasteiger partial charge in [0.1, 0.15) is 6.04 Å². The van der Waals surface area contributed by atoms with Crippen LogP contribution in [0.25, 0.3) is 0 Å². The summed E-state index contributed by atoms with van der Waals surface area (Å²) in [7, 11) is 0. The van der Waals surface area contributed by atoms with E-state index in [9.17, 15) is 25.0 Å². The van der Waals surface area contributed by atoms with E-state index in [1.165, 1.54) is 6.07 Å². The summed E-state index contributed by atoms with van der Waals surface area (Å²) in [5, 5.41) is 30.2. The molecule has 114 valence electrons. The zero-order chi connectivity index (χ0) is 16.2. The summed E-state index contributed by atoms with van der Waals surface area (Å²) in [6, 6.07) is 1.18. The highest BCUT2D eigenvalue weighted by Gasteiger charge is 2.24. The highest BCUT2D eigenvalue weighted by Crippen LogP contribution is 2.30. The first-order valence-electron chi connectivity index (χ1n) is 5.90. The fraction of sp³-hybridized carbons (Fsp3) is 0.364. The number of carboxylic acid groups (broad SMARTS) is 1. The van der Waals surface area contributed by atoms with Gasteiger partial charge in [-0.3, -0.25) is 25.0 Å². The molecule has 0 aliphatic carbocycles. The van der Waals surface area contributed by atoms with Crippen LogP contribution >= 0.6 is 0 Å². The molecule has 0 saturated carbocycles. The molecule has 0 radical (unpaired) electrons. The molecule has 1 unspecified atom stereocenters. The predicted octanol–water partition coefficient (Wildman–Crippen LogP) is 0.695. The molecule has 0 bridgehead atoms. The summed E-state index contributed by atoms with van der Waals surface area (Å²) < 4.78 is 0. The van der Waals surface area contributed by atoms with Crippen LogP contribution in [0.2, 0.25) is 0 Å². The lowest BCUT2D eigenvalue weighted by Gasteiger charge is -2.13. The van der Waals surface area contributed by atoms with E-state index < -0.39 is 39.3 Å². The third-order valence-electron chi connectivity index (χ3n) is 2.93. The number of nitrogens with two attached hydrogens (primary N) is 2. The molecular formula is C11H14N4O6. The minimum atomic E-state index is -1.19. The number of nitro benzene ring substituents is 2. The number of benzene rings is 1. The fourth-order valence-electron chi connectivity index (χ4n) is 1.76. The lowest BCUT2D eigenvalue weighted by atomic mass is 9.98. The van der Waals surface area contributed by atoms with Crippen LogP contribution in [-0.4, -0.2) is 27.0 Å². The van der Waals surface area contributed by atoms with E-state index >= 15 is 0 Å². The summed E-state index contributed by atoms with van der Waals surface area (Å²) in [6.45, 7) is 0. The van der Waals surface area contributed by atoms with Gasteiger partial charge < -0.3 is 16.6 Å². The van der Waals surface area contributed by atoms with Gasteiger partial charge in [-0.1, -0.05) is 0 Å². The van der Waals surface area contributed by atoms with Crippen molar-refractivity contribution >= 4 is 17.3 Å². The van der Waals surface area contributed by atoms with Crippen LogP contribution in [-0.2, 0) is 4.79 Å². The third kappa shape index (κ3) is 4.19. The molecule has 5 N–H and O–H groups in total. The SMILES string of the molecule is NC(CC[C@H](N)C(=O)O)c1ccc([N+](=O)[O-])cc1[N+](=O)[O-]. The minimum Gasteiger partial charge on any atom is -0.480 e. The van der Waals surface area contributed by atoms with Crippen LogP contribution < -0.4 is 11.5 Å². The summed E-state index contributed by atoms with van der Waals surface area (Å²) >= 11 is 0. The Morgan fingerprint density at radius 2 is 1.81 bits per heavy atom. The van der Waals surface area contributed by atoms with Crippen LogP contribution in [0.15, 0.2) is 18.2 Å². The van der Waals surface area contributed by atoms with Crippen LogP contribution in [0.5, 0.6) is 0 Å². The summed E-state index contributed by atoms with van der Waals surface area (Å²) in [4.78, 5) is 30.7. The van der Waals surface area contributed by atoms with E-state index in [0.29, 0.717) is 0 Å². The first kappa shape index (κ1) is 16.5. The van der Waals surface area contributed by atoms with Crippen molar-refractivity contribution in [1.82, 2.24) is 0 Å². The largest absolute Gasteiger partial charge is 0.480 e. The fourth-order valence-corrected chi connectivity index (χ4v) is 1.76. The van der Waals surface area contributed by atoms with Crippen molar-refractivity contribution in [2.45, 2.75) is 24.9 Å². The van der Waals surface area contributed by atoms with E-state index in [1.54, 1.807) is 0 Å². The van der Waals surface area contributed by atoms with Crippen LogP contribution in [0, 0.1) is 20.2 Å². The van der Waals surface area contributed by atoms with Gasteiger partial charge >= 0.3 is 5.97 Å². The van der Waals surface area contributed by atoms with Crippen molar-refractivity contribution in [1.29, 1.82) is 0 Å². The maximum atomic E-state index is 11.0. The topological polar surface area (TPSA) is 176 Å². The highest BCUT2D eigenvalue weighted by atomic mass is 16.6. The second-order valence-corrected chi connectivity index (χ2v) is 4.39. The van der Waals surface area contributed by atoms with Gasteiger partial charge in [-0.25, -0.2) is 0 Å². The Kier molecular flexibility index (Phi) is 5.27. The van der Waals surface area contributed by atoms with Gasteiger partial charge in [-0.2, -0.15) is 0 Å². The van der Waals surface area contributed by atoms with E-state index in [4.69, 9.17) is 16.6 Å². The average Bonchev–Trinajstić information content (AvgIpc) is 2.43. The van der Waals surface area contributed by atoms with Crippen LogP contribution in [0.3, 0.4) is 0 Å². The first-order chi connectivity index (χ1) is 9.73. The molecule has 0 saturated heterocycles. The van der Waals surface area contributed by atoms with E-state index in [2.05, 4.69) is 0 Å². The standard InChI is InChI=1S/C11H14N4O6/c12-8(3-4-9(13)11(16)17)7-2-1-6(14(18)19)5-10(7)15(20)21/h1-2,5,8-9H,3-4,12-13H2,(H,16,17)/t8?,9-/m0/s1. The number of hydrogen-bond acceptors (Lipinski definition) is 7. The van der Waals surface area contributed by atoms with Gasteiger partial charge in [0.2, 0.25) is 0 Å². The number of rotatable bonds is 7. The van der Waals surface area contributed by atoms with Gasteiger partial charge in [-0.15, -0.1) is 0 Å². The maximum Gasteiger partial charge on any atom is 0.320 e. The van der Waals surface area contributed by atoms with Gasteiger partial charge in [-0.05, 0) is 18.9 Å². The lowest BCUT2D eigenvalue weighted by molar-refractivity contribution is -0.394. The van der Waals surface area contributed by atoms with Crippen molar-refractivity contribution in [3.05, 3.63) is 44.0 Å². The minimum absolute atomic E-state index is 0.0324. The van der Waals surface area contributed by atoms with Crippen molar-refractivity contribution in [3.63, 3.8) is 0 Å². The monoisotopic (exact) mass is 298 g/mol. The summed E-state index contributed by atoms with van der Waals surface area (Å²) in [5.74, 6) is -1.19. The second kappa shape index (κ2) is 6.72. The molecule has 0 aromatic heterocycles. The van der Waals surface area contributed by atoms with Gasteiger partial charge in [0, 0.05) is 17.7 Å². The maximum absolute atomic E-state index is 11.0. The Hall–Kier alpha value is -2.59. The zero-order valence-corrected chi connectivity index (χ0v) is 10.8. The van der Waals surface area contributed by atoms with Gasteiger partial charge in [0.25, 0.3) is 11.4 Å². The molecule has 2 atom stereocenters. The zero-order valence-electron chi connectivity index (χ0n) is 10.8. The number of non-ortho nitro benzene ring substituents is 1.